The Bertz CT molecular complexity index is 1290. The molecule has 30 heavy (non-hydrogen) atoms. The second-order valence-corrected chi connectivity index (χ2v) is 7.25. The van der Waals surface area contributed by atoms with E-state index in [1.54, 1.807) is 48.5 Å². The van der Waals surface area contributed by atoms with Crippen LogP contribution in [-0.2, 0) is 13.1 Å². The van der Waals surface area contributed by atoms with E-state index in [9.17, 15) is 14.0 Å². The Morgan fingerprint density at radius 1 is 1.07 bits per heavy atom. The zero-order valence-corrected chi connectivity index (χ0v) is 16.6. The Kier molecular flexibility index (Phi) is 5.59. The molecule has 0 unspecified atom stereocenters. The molecule has 0 saturated heterocycles. The average molecular weight is 422 g/mol. The number of amides is 1. The first-order valence-corrected chi connectivity index (χ1v) is 9.64. The summed E-state index contributed by atoms with van der Waals surface area (Å²) in [4.78, 5) is 29.5. The first-order chi connectivity index (χ1) is 14.5. The highest BCUT2D eigenvalue weighted by molar-refractivity contribution is 6.30. The summed E-state index contributed by atoms with van der Waals surface area (Å²) in [5.74, 6) is -0.651. The molecule has 5 nitrogen and oxygen atoms in total. The zero-order valence-electron chi connectivity index (χ0n) is 15.8. The third-order valence-electron chi connectivity index (χ3n) is 4.75. The lowest BCUT2D eigenvalue weighted by atomic mass is 10.1. The normalized spacial score (nSPS) is 10.9. The molecule has 150 valence electrons. The van der Waals surface area contributed by atoms with E-state index in [1.165, 1.54) is 17.0 Å². The van der Waals surface area contributed by atoms with Crippen LogP contribution in [0.3, 0.4) is 0 Å². The Morgan fingerprint density at radius 3 is 2.60 bits per heavy atom. The quantitative estimate of drug-likeness (QED) is 0.526. The molecule has 4 aromatic rings. The number of benzene rings is 3. The van der Waals surface area contributed by atoms with Crippen LogP contribution in [0.4, 0.5) is 4.39 Å². The van der Waals surface area contributed by atoms with Crippen molar-refractivity contribution >= 4 is 28.4 Å². The van der Waals surface area contributed by atoms with Gasteiger partial charge in [0, 0.05) is 22.7 Å². The maximum Gasteiger partial charge on any atom is 0.261 e. The van der Waals surface area contributed by atoms with Crippen LogP contribution in [0.25, 0.3) is 10.9 Å². The highest BCUT2D eigenvalue weighted by atomic mass is 35.5. The highest BCUT2D eigenvalue weighted by Crippen LogP contribution is 2.13. The van der Waals surface area contributed by atoms with Gasteiger partial charge in [-0.2, -0.15) is 0 Å². The molecule has 4 rings (SSSR count). The van der Waals surface area contributed by atoms with Gasteiger partial charge in [0.15, 0.2) is 0 Å². The van der Waals surface area contributed by atoms with Crippen LogP contribution in [0.2, 0.25) is 5.02 Å². The number of nitrogens with zero attached hydrogens (tertiary/aromatic N) is 2. The van der Waals surface area contributed by atoms with E-state index in [0.717, 1.165) is 5.56 Å². The van der Waals surface area contributed by atoms with Crippen molar-refractivity contribution < 1.29 is 9.18 Å². The molecule has 0 spiro atoms. The number of hydrogen-bond acceptors (Lipinski definition) is 3. The monoisotopic (exact) mass is 421 g/mol. The van der Waals surface area contributed by atoms with E-state index in [-0.39, 0.29) is 23.8 Å². The number of fused-ring (bicyclic) bond motifs is 1. The molecule has 1 aromatic heterocycles. The summed E-state index contributed by atoms with van der Waals surface area (Å²) in [5.41, 5.74) is 1.83. The maximum absolute atomic E-state index is 13.9. The minimum Gasteiger partial charge on any atom is -0.348 e. The molecule has 0 aliphatic rings. The summed E-state index contributed by atoms with van der Waals surface area (Å²) in [5, 5.41) is 3.82. The van der Waals surface area contributed by atoms with Crippen molar-refractivity contribution in [3.05, 3.63) is 111 Å². The molecular weight excluding hydrogens is 405 g/mol. The SMILES string of the molecule is O=C(NCc1ccc(Cl)cc1)c1ccc2c(=O)n(Cc3ccccc3F)cnc2c1. The number of rotatable bonds is 5. The van der Waals surface area contributed by atoms with E-state index in [4.69, 9.17) is 11.6 Å². The van der Waals surface area contributed by atoms with Crippen molar-refractivity contribution in [2.45, 2.75) is 13.1 Å². The van der Waals surface area contributed by atoms with E-state index in [2.05, 4.69) is 10.3 Å². The van der Waals surface area contributed by atoms with Gasteiger partial charge in [-0.1, -0.05) is 41.9 Å². The number of carbonyl (C=O) groups is 1. The fourth-order valence-corrected chi connectivity index (χ4v) is 3.24. The van der Waals surface area contributed by atoms with Crippen LogP contribution in [0.5, 0.6) is 0 Å². The molecule has 0 atom stereocenters. The van der Waals surface area contributed by atoms with Gasteiger partial charge in [-0.05, 0) is 42.0 Å². The molecule has 3 aromatic carbocycles. The molecule has 7 heteroatoms. The summed E-state index contributed by atoms with van der Waals surface area (Å²) in [6.45, 7) is 0.434. The third kappa shape index (κ3) is 4.23. The maximum atomic E-state index is 13.9. The molecule has 1 N–H and O–H groups in total. The number of hydrogen-bond donors (Lipinski definition) is 1. The first-order valence-electron chi connectivity index (χ1n) is 9.26. The molecule has 1 heterocycles. The predicted molar refractivity (Wildman–Crippen MR) is 114 cm³/mol. The van der Waals surface area contributed by atoms with Gasteiger partial charge in [0.25, 0.3) is 11.5 Å². The van der Waals surface area contributed by atoms with E-state index >= 15 is 0 Å². The molecule has 0 fully saturated rings. The van der Waals surface area contributed by atoms with Gasteiger partial charge in [-0.3, -0.25) is 14.2 Å². The topological polar surface area (TPSA) is 64.0 Å². The molecule has 1 amide bonds. The molecule has 0 radical (unpaired) electrons. The van der Waals surface area contributed by atoms with Gasteiger partial charge in [-0.15, -0.1) is 0 Å². The van der Waals surface area contributed by atoms with Crippen molar-refractivity contribution in [2.24, 2.45) is 0 Å². The van der Waals surface area contributed by atoms with Gasteiger partial charge >= 0.3 is 0 Å². The van der Waals surface area contributed by atoms with Gasteiger partial charge in [-0.25, -0.2) is 9.37 Å². The number of nitrogens with one attached hydrogen (secondary N) is 1. The van der Waals surface area contributed by atoms with Gasteiger partial charge in [0.05, 0.1) is 23.8 Å². The minimum absolute atomic E-state index is 0.0811. The highest BCUT2D eigenvalue weighted by Gasteiger charge is 2.11. The summed E-state index contributed by atoms with van der Waals surface area (Å²) in [7, 11) is 0. The lowest BCUT2D eigenvalue weighted by Gasteiger charge is -2.09. The minimum atomic E-state index is -0.378. The second kappa shape index (κ2) is 8.47. The standard InChI is InChI=1S/C23H17ClFN3O2/c24-18-8-5-15(6-9-18)12-26-22(29)16-7-10-19-21(11-16)27-14-28(23(19)30)13-17-3-1-2-4-20(17)25/h1-11,14H,12-13H2,(H,26,29). The van der Waals surface area contributed by atoms with Gasteiger partial charge in [0.1, 0.15) is 5.82 Å². The van der Waals surface area contributed by atoms with Crippen molar-refractivity contribution in [1.29, 1.82) is 0 Å². The predicted octanol–water partition coefficient (Wildman–Crippen LogP) is 4.17. The van der Waals surface area contributed by atoms with Crippen LogP contribution in [0.15, 0.2) is 77.9 Å². The van der Waals surface area contributed by atoms with Crippen molar-refractivity contribution in [2.75, 3.05) is 0 Å². The fraction of sp³-hybridized carbons (Fsp3) is 0.0870. The van der Waals surface area contributed by atoms with Crippen LogP contribution in [-0.4, -0.2) is 15.5 Å². The Morgan fingerprint density at radius 2 is 1.83 bits per heavy atom. The largest absolute Gasteiger partial charge is 0.348 e. The van der Waals surface area contributed by atoms with Crippen molar-refractivity contribution in [3.8, 4) is 0 Å². The summed E-state index contributed by atoms with van der Waals surface area (Å²) >= 11 is 5.86. The molecule has 0 saturated carbocycles. The fourth-order valence-electron chi connectivity index (χ4n) is 3.11. The van der Waals surface area contributed by atoms with Crippen LogP contribution in [0.1, 0.15) is 21.5 Å². The van der Waals surface area contributed by atoms with E-state index < -0.39 is 0 Å². The lowest BCUT2D eigenvalue weighted by Crippen LogP contribution is -2.24. The van der Waals surface area contributed by atoms with Crippen molar-refractivity contribution in [3.63, 3.8) is 0 Å². The summed E-state index contributed by atoms with van der Waals surface area (Å²) in [6.07, 6.45) is 1.37. The van der Waals surface area contributed by atoms with Crippen LogP contribution < -0.4 is 10.9 Å². The van der Waals surface area contributed by atoms with Crippen molar-refractivity contribution in [1.82, 2.24) is 14.9 Å². The Labute approximate surface area is 176 Å². The number of carbonyl (C=O) groups excluding carboxylic acids is 1. The molecule has 0 bridgehead atoms. The third-order valence-corrected chi connectivity index (χ3v) is 5.00. The molecule has 0 aliphatic heterocycles. The molecule has 0 aliphatic carbocycles. The Balaban J connectivity index is 1.54. The van der Waals surface area contributed by atoms with E-state index in [0.29, 0.717) is 33.6 Å². The smallest absolute Gasteiger partial charge is 0.261 e. The van der Waals surface area contributed by atoms with Gasteiger partial charge in [0.2, 0.25) is 0 Å². The van der Waals surface area contributed by atoms with E-state index in [1.807, 2.05) is 12.1 Å². The number of aromatic nitrogens is 2. The molecular formula is C23H17ClFN3O2. The number of halogens is 2. The second-order valence-electron chi connectivity index (χ2n) is 6.81. The first kappa shape index (κ1) is 19.8. The summed E-state index contributed by atoms with van der Waals surface area (Å²) < 4.78 is 15.2. The average Bonchev–Trinajstić information content (AvgIpc) is 2.76. The van der Waals surface area contributed by atoms with Crippen LogP contribution >= 0.6 is 11.6 Å². The van der Waals surface area contributed by atoms with Crippen LogP contribution in [0, 0.1) is 5.82 Å². The summed E-state index contributed by atoms with van der Waals surface area (Å²) in [6, 6.07) is 18.2. The van der Waals surface area contributed by atoms with Gasteiger partial charge < -0.3 is 5.32 Å². The Hall–Kier alpha value is -3.51. The zero-order chi connectivity index (χ0) is 21.1. The lowest BCUT2D eigenvalue weighted by molar-refractivity contribution is 0.0951.